The third kappa shape index (κ3) is 3.39. The molecule has 110 valence electrons. The highest BCUT2D eigenvalue weighted by atomic mass is 16.4. The van der Waals surface area contributed by atoms with Gasteiger partial charge in [0.05, 0.1) is 0 Å². The molecule has 2 amide bonds. The quantitative estimate of drug-likeness (QED) is 0.827. The van der Waals surface area contributed by atoms with Gasteiger partial charge in [-0.15, -0.1) is 0 Å². The Labute approximate surface area is 115 Å². The van der Waals surface area contributed by atoms with Crippen molar-refractivity contribution >= 4 is 12.0 Å². The van der Waals surface area contributed by atoms with Gasteiger partial charge in [0.2, 0.25) is 0 Å². The van der Waals surface area contributed by atoms with Crippen molar-refractivity contribution in [2.75, 3.05) is 7.05 Å². The molecule has 1 rings (SSSR count). The summed E-state index contributed by atoms with van der Waals surface area (Å²) in [5.74, 6) is 0.0195. The first-order valence-electron chi connectivity index (χ1n) is 6.95. The average Bonchev–Trinajstić information content (AvgIpc) is 2.33. The Kier molecular flexibility index (Phi) is 4.82. The van der Waals surface area contributed by atoms with Crippen LogP contribution in [0.15, 0.2) is 0 Å². The standard InChI is InChI=1S/C14H26N2O3/c1-9-7-6-8-11(10(9)2)15-13(19)16(5)14(3,4)12(17)18/h9-11H,6-8H2,1-5H3,(H,15,19)(H,17,18). The van der Waals surface area contributed by atoms with Crippen LogP contribution >= 0.6 is 0 Å². The predicted molar refractivity (Wildman–Crippen MR) is 74.0 cm³/mol. The van der Waals surface area contributed by atoms with Crippen molar-refractivity contribution in [2.45, 2.75) is 58.5 Å². The minimum Gasteiger partial charge on any atom is -0.480 e. The summed E-state index contributed by atoms with van der Waals surface area (Å²) in [4.78, 5) is 24.6. The van der Waals surface area contributed by atoms with Crippen LogP contribution in [0.5, 0.6) is 0 Å². The summed E-state index contributed by atoms with van der Waals surface area (Å²) in [6, 6.07) is -0.165. The molecule has 19 heavy (non-hydrogen) atoms. The van der Waals surface area contributed by atoms with E-state index < -0.39 is 11.5 Å². The van der Waals surface area contributed by atoms with Crippen LogP contribution in [0.1, 0.15) is 47.0 Å². The molecule has 1 fully saturated rings. The first-order valence-corrected chi connectivity index (χ1v) is 6.95. The van der Waals surface area contributed by atoms with Crippen molar-refractivity contribution in [3.63, 3.8) is 0 Å². The molecule has 5 nitrogen and oxygen atoms in total. The summed E-state index contributed by atoms with van der Waals surface area (Å²) in [5, 5.41) is 12.1. The number of carbonyl (C=O) groups is 2. The van der Waals surface area contributed by atoms with Gasteiger partial charge in [0, 0.05) is 13.1 Å². The van der Waals surface area contributed by atoms with Gasteiger partial charge in [0.1, 0.15) is 5.54 Å². The largest absolute Gasteiger partial charge is 0.480 e. The summed E-state index contributed by atoms with van der Waals surface area (Å²) in [6.45, 7) is 7.41. The van der Waals surface area contributed by atoms with E-state index in [4.69, 9.17) is 5.11 Å². The van der Waals surface area contributed by atoms with Gasteiger partial charge < -0.3 is 15.3 Å². The van der Waals surface area contributed by atoms with E-state index in [2.05, 4.69) is 19.2 Å². The normalized spacial score (nSPS) is 27.7. The average molecular weight is 270 g/mol. The number of nitrogens with zero attached hydrogens (tertiary/aromatic N) is 1. The van der Waals surface area contributed by atoms with Gasteiger partial charge in [-0.05, 0) is 32.1 Å². The van der Waals surface area contributed by atoms with Crippen LogP contribution in [-0.2, 0) is 4.79 Å². The van der Waals surface area contributed by atoms with Crippen LogP contribution in [0.2, 0.25) is 0 Å². The van der Waals surface area contributed by atoms with E-state index in [1.807, 2.05) is 0 Å². The fourth-order valence-electron chi connectivity index (χ4n) is 2.44. The molecule has 0 spiro atoms. The van der Waals surface area contributed by atoms with Crippen LogP contribution in [-0.4, -0.2) is 40.6 Å². The van der Waals surface area contributed by atoms with E-state index in [1.54, 1.807) is 0 Å². The van der Waals surface area contributed by atoms with E-state index in [0.29, 0.717) is 11.8 Å². The second kappa shape index (κ2) is 5.80. The number of aliphatic carboxylic acids is 1. The smallest absolute Gasteiger partial charge is 0.329 e. The van der Waals surface area contributed by atoms with Crippen molar-refractivity contribution in [3.05, 3.63) is 0 Å². The Hall–Kier alpha value is -1.26. The SMILES string of the molecule is CC1CCCC(NC(=O)N(C)C(C)(C)C(=O)O)C1C. The van der Waals surface area contributed by atoms with Gasteiger partial charge in [-0.25, -0.2) is 9.59 Å². The summed E-state index contributed by atoms with van der Waals surface area (Å²) in [5.41, 5.74) is -1.20. The van der Waals surface area contributed by atoms with Crippen molar-refractivity contribution < 1.29 is 14.7 Å². The van der Waals surface area contributed by atoms with Gasteiger partial charge >= 0.3 is 12.0 Å². The van der Waals surface area contributed by atoms with Crippen molar-refractivity contribution in [3.8, 4) is 0 Å². The second-order valence-electron chi connectivity index (χ2n) is 6.25. The number of nitrogens with one attached hydrogen (secondary N) is 1. The summed E-state index contributed by atoms with van der Waals surface area (Å²) >= 11 is 0. The lowest BCUT2D eigenvalue weighted by atomic mass is 9.78. The maximum absolute atomic E-state index is 12.2. The second-order valence-corrected chi connectivity index (χ2v) is 6.25. The summed E-state index contributed by atoms with van der Waals surface area (Å²) in [7, 11) is 1.53. The lowest BCUT2D eigenvalue weighted by molar-refractivity contribution is -0.146. The highest BCUT2D eigenvalue weighted by molar-refractivity contribution is 5.85. The number of amides is 2. The molecule has 0 aromatic heterocycles. The highest BCUT2D eigenvalue weighted by Crippen LogP contribution is 2.29. The number of carboxylic acid groups (broad SMARTS) is 1. The van der Waals surface area contributed by atoms with Gasteiger partial charge in [0.15, 0.2) is 0 Å². The number of likely N-dealkylation sites (N-methyl/N-ethyl adjacent to an activating group) is 1. The number of carboxylic acids is 1. The van der Waals surface area contributed by atoms with Crippen molar-refractivity contribution in [1.29, 1.82) is 0 Å². The molecular weight excluding hydrogens is 244 g/mol. The van der Waals surface area contributed by atoms with Gasteiger partial charge in [-0.2, -0.15) is 0 Å². The van der Waals surface area contributed by atoms with Crippen molar-refractivity contribution in [2.24, 2.45) is 11.8 Å². The van der Waals surface area contributed by atoms with Crippen LogP contribution in [0.4, 0.5) is 4.79 Å². The molecule has 3 unspecified atom stereocenters. The zero-order valence-corrected chi connectivity index (χ0v) is 12.6. The number of carbonyl (C=O) groups excluding carboxylic acids is 1. The topological polar surface area (TPSA) is 69.6 Å². The fraction of sp³-hybridized carbons (Fsp3) is 0.857. The maximum atomic E-state index is 12.2. The lowest BCUT2D eigenvalue weighted by Crippen LogP contribution is -2.57. The number of rotatable bonds is 3. The minimum atomic E-state index is -1.20. The first kappa shape index (κ1) is 15.8. The molecule has 5 heteroatoms. The third-order valence-electron chi connectivity index (χ3n) is 4.68. The maximum Gasteiger partial charge on any atom is 0.329 e. The monoisotopic (exact) mass is 270 g/mol. The predicted octanol–water partition coefficient (Wildman–Crippen LogP) is 2.32. The molecule has 2 N–H and O–H groups in total. The molecule has 1 aliphatic carbocycles. The molecule has 0 bridgehead atoms. The van der Waals surface area contributed by atoms with Gasteiger partial charge in [-0.3, -0.25) is 0 Å². The molecule has 0 heterocycles. The Morgan fingerprint density at radius 1 is 1.26 bits per heavy atom. The van der Waals surface area contributed by atoms with Gasteiger partial charge in [0.25, 0.3) is 0 Å². The Morgan fingerprint density at radius 3 is 2.37 bits per heavy atom. The van der Waals surface area contributed by atoms with E-state index in [0.717, 1.165) is 12.8 Å². The van der Waals surface area contributed by atoms with E-state index in [-0.39, 0.29) is 12.1 Å². The highest BCUT2D eigenvalue weighted by Gasteiger charge is 2.37. The Balaban J connectivity index is 2.66. The lowest BCUT2D eigenvalue weighted by Gasteiger charge is -2.38. The van der Waals surface area contributed by atoms with Crippen LogP contribution < -0.4 is 5.32 Å². The molecule has 0 radical (unpaired) electrons. The molecule has 0 aromatic carbocycles. The van der Waals surface area contributed by atoms with Crippen LogP contribution in [0, 0.1) is 11.8 Å². The molecule has 1 aliphatic rings. The molecular formula is C14H26N2O3. The van der Waals surface area contributed by atoms with Crippen molar-refractivity contribution in [1.82, 2.24) is 10.2 Å². The first-order chi connectivity index (χ1) is 8.67. The fourth-order valence-corrected chi connectivity index (χ4v) is 2.44. The molecule has 0 aliphatic heterocycles. The summed E-state index contributed by atoms with van der Waals surface area (Å²) in [6.07, 6.45) is 3.28. The minimum absolute atomic E-state index is 0.142. The van der Waals surface area contributed by atoms with Crippen LogP contribution in [0.3, 0.4) is 0 Å². The Bertz CT molecular complexity index is 355. The zero-order chi connectivity index (χ0) is 14.8. The van der Waals surface area contributed by atoms with Gasteiger partial charge in [-0.1, -0.05) is 26.7 Å². The van der Waals surface area contributed by atoms with Crippen LogP contribution in [0.25, 0.3) is 0 Å². The summed E-state index contributed by atoms with van der Waals surface area (Å²) < 4.78 is 0. The molecule has 3 atom stereocenters. The van der Waals surface area contributed by atoms with E-state index >= 15 is 0 Å². The number of hydrogen-bond acceptors (Lipinski definition) is 2. The molecule has 1 saturated carbocycles. The van der Waals surface area contributed by atoms with E-state index in [9.17, 15) is 9.59 Å². The molecule has 0 aromatic rings. The molecule has 0 saturated heterocycles. The Morgan fingerprint density at radius 2 is 1.84 bits per heavy atom. The number of hydrogen-bond donors (Lipinski definition) is 2. The zero-order valence-electron chi connectivity index (χ0n) is 12.6. The number of urea groups is 1. The van der Waals surface area contributed by atoms with E-state index in [1.165, 1.54) is 32.2 Å². The third-order valence-corrected chi connectivity index (χ3v) is 4.68.